The van der Waals surface area contributed by atoms with E-state index in [0.717, 1.165) is 29.7 Å². The van der Waals surface area contributed by atoms with E-state index in [2.05, 4.69) is 52.9 Å². The molecule has 0 aliphatic rings. The van der Waals surface area contributed by atoms with Crippen LogP contribution >= 0.6 is 15.9 Å². The molecule has 1 aromatic carbocycles. The van der Waals surface area contributed by atoms with E-state index in [-0.39, 0.29) is 6.04 Å². The molecule has 0 radical (unpaired) electrons. The van der Waals surface area contributed by atoms with Gasteiger partial charge in [-0.2, -0.15) is 0 Å². The van der Waals surface area contributed by atoms with Crippen LogP contribution in [0.5, 0.6) is 0 Å². The van der Waals surface area contributed by atoms with Gasteiger partial charge in [0.2, 0.25) is 0 Å². The molecule has 0 fully saturated rings. The Morgan fingerprint density at radius 1 is 1.32 bits per heavy atom. The van der Waals surface area contributed by atoms with Crippen molar-refractivity contribution in [2.45, 2.75) is 26.8 Å². The highest BCUT2D eigenvalue weighted by atomic mass is 79.9. The van der Waals surface area contributed by atoms with Gasteiger partial charge in [-0.25, -0.2) is 0 Å². The fourth-order valence-electron chi connectivity index (χ4n) is 2.02. The van der Waals surface area contributed by atoms with Crippen LogP contribution in [-0.2, 0) is 4.74 Å². The van der Waals surface area contributed by atoms with Crippen LogP contribution in [0.1, 0.15) is 32.4 Å². The third-order valence-electron chi connectivity index (χ3n) is 2.99. The lowest BCUT2D eigenvalue weighted by Crippen LogP contribution is -2.31. The summed E-state index contributed by atoms with van der Waals surface area (Å²) in [5.41, 5.74) is 8.26. The Balaban J connectivity index is 2.94. The van der Waals surface area contributed by atoms with E-state index < -0.39 is 0 Å². The highest BCUT2D eigenvalue weighted by molar-refractivity contribution is 9.10. The molecule has 1 aromatic rings. The topological polar surface area (TPSA) is 38.5 Å². The SMILES string of the molecule is COCCN(CC(C)C)c1ccc([C@@H](C)N)cc1Br. The summed E-state index contributed by atoms with van der Waals surface area (Å²) in [5, 5.41) is 0. The van der Waals surface area contributed by atoms with Gasteiger partial charge in [-0.1, -0.05) is 19.9 Å². The van der Waals surface area contributed by atoms with Crippen LogP contribution in [0, 0.1) is 5.92 Å². The lowest BCUT2D eigenvalue weighted by molar-refractivity contribution is 0.204. The van der Waals surface area contributed by atoms with Crippen molar-refractivity contribution in [3.05, 3.63) is 28.2 Å². The summed E-state index contributed by atoms with van der Waals surface area (Å²) in [6, 6.07) is 6.41. The third-order valence-corrected chi connectivity index (χ3v) is 3.62. The molecule has 108 valence electrons. The minimum atomic E-state index is 0.0582. The van der Waals surface area contributed by atoms with Crippen LogP contribution < -0.4 is 10.6 Å². The Hall–Kier alpha value is -0.580. The van der Waals surface area contributed by atoms with Gasteiger partial charge in [-0.05, 0) is 46.5 Å². The predicted molar refractivity (Wildman–Crippen MR) is 85.7 cm³/mol. The quantitative estimate of drug-likeness (QED) is 0.831. The lowest BCUT2D eigenvalue weighted by Gasteiger charge is -2.28. The summed E-state index contributed by atoms with van der Waals surface area (Å²) in [6.45, 7) is 9.09. The second kappa shape index (κ2) is 7.88. The molecule has 19 heavy (non-hydrogen) atoms. The van der Waals surface area contributed by atoms with Crippen molar-refractivity contribution in [3.8, 4) is 0 Å². The molecule has 4 heteroatoms. The number of rotatable bonds is 7. The molecule has 0 saturated heterocycles. The van der Waals surface area contributed by atoms with Crippen molar-refractivity contribution < 1.29 is 4.74 Å². The second-order valence-corrected chi connectivity index (χ2v) is 6.19. The zero-order valence-corrected chi connectivity index (χ0v) is 13.9. The number of hydrogen-bond acceptors (Lipinski definition) is 3. The summed E-state index contributed by atoms with van der Waals surface area (Å²) in [7, 11) is 1.74. The first kappa shape index (κ1) is 16.5. The van der Waals surface area contributed by atoms with Gasteiger partial charge in [0.25, 0.3) is 0 Å². The average Bonchev–Trinajstić information content (AvgIpc) is 2.34. The van der Waals surface area contributed by atoms with Crippen molar-refractivity contribution in [2.24, 2.45) is 11.7 Å². The maximum absolute atomic E-state index is 5.92. The van der Waals surface area contributed by atoms with Crippen LogP contribution in [-0.4, -0.2) is 26.8 Å². The number of ether oxygens (including phenoxy) is 1. The molecule has 2 N–H and O–H groups in total. The normalized spacial score (nSPS) is 12.8. The molecule has 3 nitrogen and oxygen atoms in total. The van der Waals surface area contributed by atoms with Gasteiger partial charge in [-0.3, -0.25) is 0 Å². The number of hydrogen-bond donors (Lipinski definition) is 1. The molecule has 0 aliphatic heterocycles. The average molecular weight is 329 g/mol. The zero-order chi connectivity index (χ0) is 14.4. The van der Waals surface area contributed by atoms with Gasteiger partial charge in [0.05, 0.1) is 12.3 Å². The van der Waals surface area contributed by atoms with Crippen molar-refractivity contribution in [1.29, 1.82) is 0 Å². The Kier molecular flexibility index (Phi) is 6.83. The van der Waals surface area contributed by atoms with Gasteiger partial charge >= 0.3 is 0 Å². The first-order valence-electron chi connectivity index (χ1n) is 6.74. The first-order valence-corrected chi connectivity index (χ1v) is 7.54. The smallest absolute Gasteiger partial charge is 0.0637 e. The molecule has 0 aliphatic carbocycles. The molecule has 0 bridgehead atoms. The van der Waals surface area contributed by atoms with Gasteiger partial charge in [0, 0.05) is 30.7 Å². The Labute approximate surface area is 125 Å². The zero-order valence-electron chi connectivity index (χ0n) is 12.3. The highest BCUT2D eigenvalue weighted by Crippen LogP contribution is 2.29. The monoisotopic (exact) mass is 328 g/mol. The Morgan fingerprint density at radius 2 is 2.00 bits per heavy atom. The van der Waals surface area contributed by atoms with Crippen LogP contribution in [0.15, 0.2) is 22.7 Å². The Bertz CT molecular complexity index is 394. The molecule has 0 aromatic heterocycles. The van der Waals surface area contributed by atoms with Crippen molar-refractivity contribution >= 4 is 21.6 Å². The van der Waals surface area contributed by atoms with Crippen LogP contribution in [0.2, 0.25) is 0 Å². The molecule has 0 unspecified atom stereocenters. The van der Waals surface area contributed by atoms with Crippen molar-refractivity contribution in [3.63, 3.8) is 0 Å². The summed E-state index contributed by atoms with van der Waals surface area (Å²) in [6.07, 6.45) is 0. The largest absolute Gasteiger partial charge is 0.383 e. The fourth-order valence-corrected chi connectivity index (χ4v) is 2.66. The fraction of sp³-hybridized carbons (Fsp3) is 0.600. The number of benzene rings is 1. The number of halogens is 1. The Morgan fingerprint density at radius 3 is 2.47 bits per heavy atom. The van der Waals surface area contributed by atoms with E-state index in [1.165, 1.54) is 5.69 Å². The minimum Gasteiger partial charge on any atom is -0.383 e. The number of nitrogens with two attached hydrogens (primary N) is 1. The number of anilines is 1. The van der Waals surface area contributed by atoms with Crippen molar-refractivity contribution in [1.82, 2.24) is 0 Å². The van der Waals surface area contributed by atoms with Gasteiger partial charge in [-0.15, -0.1) is 0 Å². The molecule has 0 saturated carbocycles. The molecular formula is C15H25BrN2O. The molecular weight excluding hydrogens is 304 g/mol. The lowest BCUT2D eigenvalue weighted by atomic mass is 10.1. The summed E-state index contributed by atoms with van der Waals surface area (Å²) in [4.78, 5) is 2.35. The molecule has 1 atom stereocenters. The number of nitrogens with zero attached hydrogens (tertiary/aromatic N) is 1. The third kappa shape index (κ3) is 5.13. The maximum atomic E-state index is 5.92. The molecule has 0 spiro atoms. The van der Waals surface area contributed by atoms with Crippen LogP contribution in [0.25, 0.3) is 0 Å². The van der Waals surface area contributed by atoms with E-state index in [0.29, 0.717) is 5.92 Å². The molecule has 0 amide bonds. The van der Waals surface area contributed by atoms with Gasteiger partial charge < -0.3 is 15.4 Å². The standard InChI is InChI=1S/C15H25BrN2O/c1-11(2)10-18(7-8-19-4)15-6-5-13(12(3)17)9-14(15)16/h5-6,9,11-12H,7-8,10,17H2,1-4H3/t12-/m1/s1. The van der Waals surface area contributed by atoms with Gasteiger partial charge in [0.15, 0.2) is 0 Å². The van der Waals surface area contributed by atoms with E-state index in [9.17, 15) is 0 Å². The summed E-state index contributed by atoms with van der Waals surface area (Å²) < 4.78 is 6.30. The van der Waals surface area contributed by atoms with E-state index >= 15 is 0 Å². The molecule has 1 rings (SSSR count). The van der Waals surface area contributed by atoms with Crippen LogP contribution in [0.3, 0.4) is 0 Å². The van der Waals surface area contributed by atoms with E-state index in [4.69, 9.17) is 10.5 Å². The minimum absolute atomic E-state index is 0.0582. The van der Waals surface area contributed by atoms with E-state index in [1.54, 1.807) is 7.11 Å². The summed E-state index contributed by atoms with van der Waals surface area (Å²) >= 11 is 3.66. The predicted octanol–water partition coefficient (Wildman–Crippen LogP) is 3.58. The van der Waals surface area contributed by atoms with E-state index in [1.807, 2.05) is 6.92 Å². The first-order chi connectivity index (χ1) is 8.95. The molecule has 0 heterocycles. The van der Waals surface area contributed by atoms with Gasteiger partial charge in [0.1, 0.15) is 0 Å². The van der Waals surface area contributed by atoms with Crippen LogP contribution in [0.4, 0.5) is 5.69 Å². The van der Waals surface area contributed by atoms with Crippen molar-refractivity contribution in [2.75, 3.05) is 31.7 Å². The highest BCUT2D eigenvalue weighted by Gasteiger charge is 2.13. The summed E-state index contributed by atoms with van der Waals surface area (Å²) in [5.74, 6) is 0.608. The second-order valence-electron chi connectivity index (χ2n) is 5.33. The number of methoxy groups -OCH3 is 1. The maximum Gasteiger partial charge on any atom is 0.0637 e.